The molecule has 0 saturated heterocycles. The van der Waals surface area contributed by atoms with Crippen molar-refractivity contribution in [2.45, 2.75) is 0 Å². The third kappa shape index (κ3) is 2.16. The van der Waals surface area contributed by atoms with E-state index in [2.05, 4.69) is 4.98 Å². The fourth-order valence-electron chi connectivity index (χ4n) is 2.25. The van der Waals surface area contributed by atoms with Gasteiger partial charge in [0, 0.05) is 10.9 Å². The normalized spacial score (nSPS) is 10.6. The lowest BCUT2D eigenvalue weighted by Crippen LogP contribution is -2.12. The minimum absolute atomic E-state index is 0.433. The van der Waals surface area contributed by atoms with E-state index in [1.54, 1.807) is 6.07 Å². The van der Waals surface area contributed by atoms with Crippen LogP contribution >= 0.6 is 0 Å². The van der Waals surface area contributed by atoms with E-state index in [1.165, 1.54) is 5.46 Å². The fourth-order valence-corrected chi connectivity index (χ4v) is 2.25. The Labute approximate surface area is 117 Å². The summed E-state index contributed by atoms with van der Waals surface area (Å²) in [6.07, 6.45) is 0. The number of hydrogen-bond acceptors (Lipinski definition) is 2. The highest BCUT2D eigenvalue weighted by Crippen LogP contribution is 2.24. The van der Waals surface area contributed by atoms with Crippen molar-refractivity contribution in [3.8, 4) is 11.3 Å². The van der Waals surface area contributed by atoms with Crippen LogP contribution in [0.2, 0.25) is 0 Å². The van der Waals surface area contributed by atoms with E-state index < -0.39 is 5.91 Å². The molecule has 0 bridgehead atoms. The topological polar surface area (TPSA) is 56.0 Å². The Morgan fingerprint density at radius 1 is 1.05 bits per heavy atom. The molecule has 1 amide bonds. The summed E-state index contributed by atoms with van der Waals surface area (Å²) in [5.41, 5.74) is 9.69. The molecule has 0 unspecified atom stereocenters. The van der Waals surface area contributed by atoms with Crippen LogP contribution < -0.4 is 11.2 Å². The Morgan fingerprint density at radius 2 is 1.75 bits per heavy atom. The van der Waals surface area contributed by atoms with Gasteiger partial charge in [-0.05, 0) is 12.1 Å². The van der Waals surface area contributed by atoms with Crippen molar-refractivity contribution in [2.24, 2.45) is 5.73 Å². The molecular formula is C16H13BN2O. The maximum atomic E-state index is 11.6. The van der Waals surface area contributed by atoms with E-state index in [0.717, 1.165) is 22.2 Å². The van der Waals surface area contributed by atoms with Crippen LogP contribution in [0.15, 0.2) is 54.6 Å². The molecule has 2 N–H and O–H groups in total. The summed E-state index contributed by atoms with van der Waals surface area (Å²) in [4.78, 5) is 16.3. The number of carbonyl (C=O) groups excluding carboxylic acids is 1. The number of hydrogen-bond donors (Lipinski definition) is 1. The molecular weight excluding hydrogens is 247 g/mol. The standard InChI is InChI=1S/C16H13BN2O/c17-11-7-5-10(6-8-11)15-9-13(16(18)20)12-3-1-2-4-14(12)19-15/h1-9H,17H2,(H2,18,20). The van der Waals surface area contributed by atoms with E-state index in [4.69, 9.17) is 5.73 Å². The van der Waals surface area contributed by atoms with Gasteiger partial charge in [-0.1, -0.05) is 47.9 Å². The van der Waals surface area contributed by atoms with E-state index in [0.29, 0.717) is 5.56 Å². The smallest absolute Gasteiger partial charge is 0.249 e. The zero-order valence-electron chi connectivity index (χ0n) is 11.1. The van der Waals surface area contributed by atoms with Gasteiger partial charge in [-0.3, -0.25) is 4.79 Å². The average molecular weight is 260 g/mol. The third-order valence-corrected chi connectivity index (χ3v) is 3.33. The largest absolute Gasteiger partial charge is 0.366 e. The number of nitrogens with zero attached hydrogens (tertiary/aromatic N) is 1. The van der Waals surface area contributed by atoms with Crippen LogP contribution in [0.3, 0.4) is 0 Å². The van der Waals surface area contributed by atoms with Crippen molar-refractivity contribution in [3.05, 3.63) is 60.2 Å². The monoisotopic (exact) mass is 260 g/mol. The molecule has 1 heterocycles. The van der Waals surface area contributed by atoms with Crippen molar-refractivity contribution in [1.29, 1.82) is 0 Å². The van der Waals surface area contributed by atoms with Crippen LogP contribution in [-0.2, 0) is 0 Å². The van der Waals surface area contributed by atoms with Crippen molar-refractivity contribution < 1.29 is 4.79 Å². The summed E-state index contributed by atoms with van der Waals surface area (Å²) in [7, 11) is 2.03. The number of carbonyl (C=O) groups is 1. The summed E-state index contributed by atoms with van der Waals surface area (Å²) < 4.78 is 0. The first-order valence-electron chi connectivity index (χ1n) is 6.42. The molecule has 0 fully saturated rings. The van der Waals surface area contributed by atoms with E-state index >= 15 is 0 Å². The molecule has 3 rings (SSSR count). The predicted molar refractivity (Wildman–Crippen MR) is 83.9 cm³/mol. The number of aromatic nitrogens is 1. The van der Waals surface area contributed by atoms with Gasteiger partial charge in [0.15, 0.2) is 0 Å². The van der Waals surface area contributed by atoms with Gasteiger partial charge in [0.1, 0.15) is 7.85 Å². The lowest BCUT2D eigenvalue weighted by molar-refractivity contribution is 0.100. The summed E-state index contributed by atoms with van der Waals surface area (Å²) in [6.45, 7) is 0. The first-order valence-corrected chi connectivity index (χ1v) is 6.42. The molecule has 1 aromatic heterocycles. The zero-order valence-corrected chi connectivity index (χ0v) is 11.1. The highest BCUT2D eigenvalue weighted by atomic mass is 16.1. The Morgan fingerprint density at radius 3 is 2.45 bits per heavy atom. The van der Waals surface area contributed by atoms with Crippen LogP contribution in [0.1, 0.15) is 10.4 Å². The highest BCUT2D eigenvalue weighted by Gasteiger charge is 2.10. The van der Waals surface area contributed by atoms with Crippen LogP contribution in [-0.4, -0.2) is 18.7 Å². The van der Waals surface area contributed by atoms with Crippen molar-refractivity contribution in [1.82, 2.24) is 4.98 Å². The molecule has 3 aromatic rings. The second-order valence-electron chi connectivity index (χ2n) is 4.80. The zero-order chi connectivity index (χ0) is 14.1. The Hall–Kier alpha value is -2.62. The molecule has 2 aromatic carbocycles. The number of primary amides is 1. The molecule has 20 heavy (non-hydrogen) atoms. The molecule has 0 aliphatic rings. The number of benzene rings is 2. The second-order valence-corrected chi connectivity index (χ2v) is 4.80. The maximum absolute atomic E-state index is 11.6. The number of rotatable bonds is 2. The van der Waals surface area contributed by atoms with E-state index in [-0.39, 0.29) is 0 Å². The van der Waals surface area contributed by atoms with Crippen molar-refractivity contribution >= 4 is 30.1 Å². The van der Waals surface area contributed by atoms with Gasteiger partial charge in [0.2, 0.25) is 5.91 Å². The Bertz CT molecular complexity index is 797. The van der Waals surface area contributed by atoms with Crippen LogP contribution in [0.5, 0.6) is 0 Å². The first-order chi connectivity index (χ1) is 9.65. The van der Waals surface area contributed by atoms with E-state index in [1.807, 2.05) is 56.4 Å². The van der Waals surface area contributed by atoms with Crippen LogP contribution in [0.25, 0.3) is 22.2 Å². The quantitative estimate of drug-likeness (QED) is 0.705. The predicted octanol–water partition coefficient (Wildman–Crippen LogP) is 1.26. The van der Waals surface area contributed by atoms with Gasteiger partial charge in [0.25, 0.3) is 0 Å². The molecule has 4 heteroatoms. The minimum atomic E-state index is -0.433. The molecule has 0 spiro atoms. The number of nitrogens with two attached hydrogens (primary N) is 1. The van der Waals surface area contributed by atoms with Gasteiger partial charge in [-0.25, -0.2) is 4.98 Å². The number of pyridine rings is 1. The summed E-state index contributed by atoms with van der Waals surface area (Å²) >= 11 is 0. The molecule has 0 saturated carbocycles. The summed E-state index contributed by atoms with van der Waals surface area (Å²) in [6, 6.07) is 17.3. The lowest BCUT2D eigenvalue weighted by atomic mass is 9.94. The second kappa shape index (κ2) is 4.81. The van der Waals surface area contributed by atoms with Gasteiger partial charge < -0.3 is 5.73 Å². The van der Waals surface area contributed by atoms with Crippen molar-refractivity contribution in [2.75, 3.05) is 0 Å². The molecule has 96 valence electrons. The maximum Gasteiger partial charge on any atom is 0.249 e. The first kappa shape index (κ1) is 12.4. The van der Waals surface area contributed by atoms with Gasteiger partial charge in [-0.2, -0.15) is 0 Å². The highest BCUT2D eigenvalue weighted by molar-refractivity contribution is 6.32. The molecule has 0 aliphatic heterocycles. The third-order valence-electron chi connectivity index (χ3n) is 3.33. The molecule has 3 nitrogen and oxygen atoms in total. The van der Waals surface area contributed by atoms with Crippen LogP contribution in [0, 0.1) is 0 Å². The summed E-state index contributed by atoms with van der Waals surface area (Å²) in [5, 5.41) is 0.788. The summed E-state index contributed by atoms with van der Waals surface area (Å²) in [5.74, 6) is -0.433. The molecule has 0 aliphatic carbocycles. The molecule has 0 radical (unpaired) electrons. The molecule has 0 atom stereocenters. The lowest BCUT2D eigenvalue weighted by Gasteiger charge is -2.07. The Kier molecular flexibility index (Phi) is 2.99. The van der Waals surface area contributed by atoms with E-state index in [9.17, 15) is 4.79 Å². The number of para-hydroxylation sites is 1. The van der Waals surface area contributed by atoms with Crippen molar-refractivity contribution in [3.63, 3.8) is 0 Å². The van der Waals surface area contributed by atoms with Gasteiger partial charge in [-0.15, -0.1) is 0 Å². The Balaban J connectivity index is 2.27. The van der Waals surface area contributed by atoms with Gasteiger partial charge in [0.05, 0.1) is 16.8 Å². The fraction of sp³-hybridized carbons (Fsp3) is 0. The number of fused-ring (bicyclic) bond motifs is 1. The van der Waals surface area contributed by atoms with Gasteiger partial charge >= 0.3 is 0 Å². The number of amides is 1. The SMILES string of the molecule is Bc1ccc(-c2cc(C(N)=O)c3ccccc3n2)cc1. The minimum Gasteiger partial charge on any atom is -0.366 e. The average Bonchev–Trinajstić information content (AvgIpc) is 2.46. The van der Waals surface area contributed by atoms with Crippen LogP contribution in [0.4, 0.5) is 0 Å².